The van der Waals surface area contributed by atoms with Crippen LogP contribution in [0.25, 0.3) is 11.4 Å². The Labute approximate surface area is 244 Å². The molecule has 3 aromatic rings. The smallest absolute Gasteiger partial charge is 0.228 e. The molecule has 6 rings (SSSR count). The third-order valence-electron chi connectivity index (χ3n) is 8.99. The van der Waals surface area contributed by atoms with E-state index in [4.69, 9.17) is 16.3 Å². The maximum Gasteiger partial charge on any atom is 0.228 e. The van der Waals surface area contributed by atoms with Crippen molar-refractivity contribution in [3.63, 3.8) is 0 Å². The predicted molar refractivity (Wildman–Crippen MR) is 155 cm³/mol. The second-order valence-electron chi connectivity index (χ2n) is 12.0. The van der Waals surface area contributed by atoms with E-state index in [2.05, 4.69) is 33.4 Å². The van der Waals surface area contributed by atoms with E-state index in [-0.39, 0.29) is 24.2 Å². The number of ether oxygens (including phenoxy) is 1. The summed E-state index contributed by atoms with van der Waals surface area (Å²) in [6.45, 7) is 3.47. The van der Waals surface area contributed by atoms with E-state index >= 15 is 0 Å². The van der Waals surface area contributed by atoms with Gasteiger partial charge in [0.15, 0.2) is 11.6 Å². The zero-order valence-electron chi connectivity index (χ0n) is 23.4. The highest BCUT2D eigenvalue weighted by molar-refractivity contribution is 6.32. The molecule has 10 heteroatoms. The van der Waals surface area contributed by atoms with Crippen LogP contribution in [0.5, 0.6) is 5.75 Å². The molecule has 2 aliphatic carbocycles. The lowest BCUT2D eigenvalue weighted by Gasteiger charge is -2.57. The first kappa shape index (κ1) is 27.7. The summed E-state index contributed by atoms with van der Waals surface area (Å²) in [5, 5.41) is 2.51. The van der Waals surface area contributed by atoms with E-state index < -0.39 is 5.82 Å². The van der Waals surface area contributed by atoms with Gasteiger partial charge in [0, 0.05) is 52.3 Å². The van der Waals surface area contributed by atoms with Gasteiger partial charge in [0.05, 0.1) is 11.2 Å². The Balaban J connectivity index is 0.997. The van der Waals surface area contributed by atoms with Crippen molar-refractivity contribution in [3.8, 4) is 17.1 Å². The van der Waals surface area contributed by atoms with E-state index in [9.17, 15) is 14.0 Å². The number of nitrogens with zero attached hydrogens (tertiary/aromatic N) is 4. The number of fused-ring (bicyclic) bond motifs is 1. The number of carbonyl (C=O) groups is 2. The van der Waals surface area contributed by atoms with E-state index in [1.165, 1.54) is 30.0 Å². The third kappa shape index (κ3) is 5.57. The molecule has 2 amide bonds. The Kier molecular flexibility index (Phi) is 7.50. The summed E-state index contributed by atoms with van der Waals surface area (Å²) in [5.41, 5.74) is 4.14. The molecule has 2 fully saturated rings. The number of carbonyl (C=O) groups excluding carboxylic acids is 2. The highest BCUT2D eigenvalue weighted by Gasteiger charge is 2.54. The van der Waals surface area contributed by atoms with Gasteiger partial charge in [0.1, 0.15) is 17.7 Å². The maximum absolute atomic E-state index is 14.1. The minimum absolute atomic E-state index is 0.0493. The average molecular weight is 580 g/mol. The fourth-order valence-corrected chi connectivity index (χ4v) is 7.23. The van der Waals surface area contributed by atoms with Crippen molar-refractivity contribution in [2.75, 3.05) is 25.0 Å². The molecule has 0 radical (unpaired) electrons. The van der Waals surface area contributed by atoms with Crippen molar-refractivity contribution in [3.05, 3.63) is 64.6 Å². The van der Waals surface area contributed by atoms with Crippen LogP contribution >= 0.6 is 11.6 Å². The van der Waals surface area contributed by atoms with Gasteiger partial charge in [-0.25, -0.2) is 9.37 Å². The summed E-state index contributed by atoms with van der Waals surface area (Å²) in [6.07, 6.45) is 6.87. The normalized spacial score (nSPS) is 23.0. The summed E-state index contributed by atoms with van der Waals surface area (Å²) in [4.78, 5) is 31.3. The van der Waals surface area contributed by atoms with Crippen LogP contribution in [-0.2, 0) is 29.7 Å². The van der Waals surface area contributed by atoms with Gasteiger partial charge in [-0.2, -0.15) is 0 Å². The molecule has 3 aliphatic rings. The number of aromatic nitrogens is 2. The Morgan fingerprint density at radius 2 is 2.00 bits per heavy atom. The zero-order chi connectivity index (χ0) is 28.7. The second-order valence-corrected chi connectivity index (χ2v) is 12.4. The number of hydrogen-bond acceptors (Lipinski definition) is 6. The number of benzene rings is 2. The van der Waals surface area contributed by atoms with Crippen LogP contribution in [0, 0.1) is 17.2 Å². The average Bonchev–Trinajstić information content (AvgIpc) is 3.48. The van der Waals surface area contributed by atoms with Gasteiger partial charge in [0.25, 0.3) is 0 Å². The van der Waals surface area contributed by atoms with E-state index in [1.54, 1.807) is 12.1 Å². The fourth-order valence-electron chi connectivity index (χ4n) is 7.02. The molecule has 1 aromatic heterocycles. The van der Waals surface area contributed by atoms with Gasteiger partial charge in [-0.1, -0.05) is 29.8 Å². The molecule has 0 saturated heterocycles. The first-order chi connectivity index (χ1) is 19.7. The summed E-state index contributed by atoms with van der Waals surface area (Å²) in [7, 11) is 3.89. The minimum Gasteiger partial charge on any atom is -0.486 e. The lowest BCUT2D eigenvalue weighted by Crippen LogP contribution is -2.53. The molecule has 2 heterocycles. The number of anilines is 1. The van der Waals surface area contributed by atoms with Crippen molar-refractivity contribution in [1.29, 1.82) is 0 Å². The number of imidazole rings is 1. The molecule has 8 nitrogen and oxygen atoms in total. The minimum atomic E-state index is -0.393. The lowest BCUT2D eigenvalue weighted by molar-refractivity contribution is -0.125. The fraction of sp³-hybridized carbons (Fsp3) is 0.452. The Morgan fingerprint density at radius 3 is 2.76 bits per heavy atom. The number of rotatable bonds is 10. The number of hydrogen-bond donors (Lipinski definition) is 1. The first-order valence-corrected chi connectivity index (χ1v) is 14.5. The topological polar surface area (TPSA) is 79.7 Å². The van der Waals surface area contributed by atoms with Crippen molar-refractivity contribution in [2.45, 2.75) is 51.3 Å². The standard InChI is InChI=1S/C31H35ClFN5O3/c1-36(9-8-27(40)35-19-39)28-15-34-30(37(28)2)21-6-7-22-17-38(18-23(22)10-21)16-20-11-31(12-20)13-24(14-31)41-29-25(32)4-3-5-26(29)33/h3-7,10,15,19-20,24H,8-9,11-14,16-18H2,1-2H3,(H,35,39,40). The zero-order valence-corrected chi connectivity index (χ0v) is 24.2. The van der Waals surface area contributed by atoms with Gasteiger partial charge in [-0.15, -0.1) is 0 Å². The molecule has 41 heavy (non-hydrogen) atoms. The second kappa shape index (κ2) is 11.1. The molecule has 216 valence electrons. The lowest BCUT2D eigenvalue weighted by atomic mass is 9.50. The van der Waals surface area contributed by atoms with Gasteiger partial charge < -0.3 is 14.2 Å². The van der Waals surface area contributed by atoms with Crippen molar-refractivity contribution < 1.29 is 18.7 Å². The van der Waals surface area contributed by atoms with Crippen LogP contribution in [0.1, 0.15) is 43.2 Å². The number of imide groups is 1. The summed E-state index contributed by atoms with van der Waals surface area (Å²) < 4.78 is 22.0. The molecule has 2 saturated carbocycles. The number of nitrogens with one attached hydrogen (secondary N) is 1. The number of para-hydroxylation sites is 1. The molecule has 2 aromatic carbocycles. The third-order valence-corrected chi connectivity index (χ3v) is 9.28. The first-order valence-electron chi connectivity index (χ1n) is 14.1. The van der Waals surface area contributed by atoms with Crippen LogP contribution in [0.4, 0.5) is 10.2 Å². The molecular weight excluding hydrogens is 545 g/mol. The van der Waals surface area contributed by atoms with Gasteiger partial charge in [-0.3, -0.25) is 19.8 Å². The van der Waals surface area contributed by atoms with Gasteiger partial charge >= 0.3 is 0 Å². The SMILES string of the molecule is CN(CCC(=O)NC=O)c1cnc(-c2ccc3c(c2)CN(CC2CC4(C2)CC(Oc2c(F)cccc2Cl)C4)C3)n1C. The number of halogens is 2. The van der Waals surface area contributed by atoms with Crippen LogP contribution in [-0.4, -0.2) is 53.0 Å². The van der Waals surface area contributed by atoms with Gasteiger partial charge in [-0.05, 0) is 66.3 Å². The molecular formula is C31H35ClFN5O3. The Hall–Kier alpha value is -3.43. The molecule has 1 spiro atoms. The van der Waals surface area contributed by atoms with Crippen LogP contribution in [0.3, 0.4) is 0 Å². The molecule has 1 aliphatic heterocycles. The summed E-state index contributed by atoms with van der Waals surface area (Å²) in [6, 6.07) is 11.3. The van der Waals surface area contributed by atoms with Crippen LogP contribution < -0.4 is 15.0 Å². The van der Waals surface area contributed by atoms with Crippen LogP contribution in [0.2, 0.25) is 5.02 Å². The van der Waals surface area contributed by atoms with E-state index in [0.29, 0.717) is 29.3 Å². The summed E-state index contributed by atoms with van der Waals surface area (Å²) in [5.74, 6) is 1.96. The predicted octanol–water partition coefficient (Wildman–Crippen LogP) is 4.93. The molecule has 0 bridgehead atoms. The van der Waals surface area contributed by atoms with Crippen molar-refractivity contribution in [2.24, 2.45) is 18.4 Å². The van der Waals surface area contributed by atoms with Crippen molar-refractivity contribution >= 4 is 29.7 Å². The quantitative estimate of drug-likeness (QED) is 0.343. The molecule has 0 unspecified atom stereocenters. The van der Waals surface area contributed by atoms with E-state index in [1.807, 2.05) is 29.8 Å². The molecule has 0 atom stereocenters. The Bertz CT molecular complexity index is 1440. The monoisotopic (exact) mass is 579 g/mol. The molecule has 1 N–H and O–H groups in total. The Morgan fingerprint density at radius 1 is 1.22 bits per heavy atom. The largest absolute Gasteiger partial charge is 0.486 e. The van der Waals surface area contributed by atoms with Crippen molar-refractivity contribution in [1.82, 2.24) is 19.8 Å². The van der Waals surface area contributed by atoms with Gasteiger partial charge in [0.2, 0.25) is 12.3 Å². The van der Waals surface area contributed by atoms with Crippen LogP contribution in [0.15, 0.2) is 42.6 Å². The highest BCUT2D eigenvalue weighted by atomic mass is 35.5. The number of amides is 2. The highest BCUT2D eigenvalue weighted by Crippen LogP contribution is 2.60. The summed E-state index contributed by atoms with van der Waals surface area (Å²) >= 11 is 6.13. The maximum atomic E-state index is 14.1. The van der Waals surface area contributed by atoms with E-state index in [0.717, 1.165) is 49.7 Å².